The van der Waals surface area contributed by atoms with Gasteiger partial charge in [0, 0.05) is 65.5 Å². The number of hydrogen-bond acceptors (Lipinski definition) is 19. The Balaban J connectivity index is 1.75. The fraction of sp³-hybridized carbons (Fsp3) is 0.561. The maximum Gasteiger partial charge on any atom is 0.340 e. The lowest BCUT2D eigenvalue weighted by molar-refractivity contribution is -0.349. The van der Waals surface area contributed by atoms with E-state index in [4.69, 9.17) is 42.6 Å². The molecule has 4 heterocycles. The van der Waals surface area contributed by atoms with E-state index in [0.29, 0.717) is 0 Å². The summed E-state index contributed by atoms with van der Waals surface area (Å²) in [7, 11) is 0. The van der Waals surface area contributed by atoms with Crippen LogP contribution in [0.3, 0.4) is 0 Å². The van der Waals surface area contributed by atoms with E-state index < -0.39 is 132 Å². The van der Waals surface area contributed by atoms with Crippen LogP contribution in [0.1, 0.15) is 81.8 Å². The Hall–Kier alpha value is -5.98. The number of ether oxygens (including phenoxy) is 9. The van der Waals surface area contributed by atoms with E-state index in [1.165, 1.54) is 63.6 Å². The molecule has 3 fully saturated rings. The van der Waals surface area contributed by atoms with Crippen LogP contribution in [0.4, 0.5) is 0 Å². The van der Waals surface area contributed by atoms with Crippen molar-refractivity contribution < 1.29 is 81.0 Å². The highest BCUT2D eigenvalue weighted by atomic mass is 16.7. The number of fused-ring (bicyclic) bond motifs is 5. The number of carbonyl (C=O) groups is 8. The maximum absolute atomic E-state index is 14.2. The molecule has 12 atom stereocenters. The monoisotopic (exact) mass is 838 g/mol. The molecular weight excluding hydrogens is 792 g/mol. The van der Waals surface area contributed by atoms with Crippen molar-refractivity contribution in [2.75, 3.05) is 13.2 Å². The molecule has 19 nitrogen and oxygen atoms in total. The zero-order valence-corrected chi connectivity index (χ0v) is 34.2. The number of rotatable bonds is 8. The molecule has 0 amide bonds. The number of hydrogen-bond donors (Lipinski definition) is 0. The van der Waals surface area contributed by atoms with Crippen LogP contribution in [0.15, 0.2) is 42.9 Å². The van der Waals surface area contributed by atoms with E-state index in [-0.39, 0.29) is 23.2 Å². The van der Waals surface area contributed by atoms with Gasteiger partial charge < -0.3 is 42.6 Å². The van der Waals surface area contributed by atoms with Crippen LogP contribution in [0, 0.1) is 23.2 Å². The van der Waals surface area contributed by atoms with Crippen molar-refractivity contribution in [2.24, 2.45) is 23.2 Å². The van der Waals surface area contributed by atoms with Gasteiger partial charge in [-0.2, -0.15) is 0 Å². The van der Waals surface area contributed by atoms with Gasteiger partial charge in [0.2, 0.25) is 0 Å². The highest BCUT2D eigenvalue weighted by Gasteiger charge is 2.88. The van der Waals surface area contributed by atoms with Gasteiger partial charge in [-0.15, -0.1) is 0 Å². The van der Waals surface area contributed by atoms with Gasteiger partial charge in [-0.25, -0.2) is 9.59 Å². The number of esters is 8. The molecular formula is C41H46N2O17. The van der Waals surface area contributed by atoms with Crippen LogP contribution < -0.4 is 0 Å². The highest BCUT2D eigenvalue weighted by Crippen LogP contribution is 2.69. The minimum atomic E-state index is -2.38. The van der Waals surface area contributed by atoms with Gasteiger partial charge in [0.15, 0.2) is 18.3 Å². The molecule has 2 aliphatic carbocycles. The Bertz CT molecular complexity index is 2080. The molecule has 4 aliphatic rings. The van der Waals surface area contributed by atoms with E-state index in [9.17, 15) is 38.4 Å². The first-order valence-electron chi connectivity index (χ1n) is 19.2. The summed E-state index contributed by atoms with van der Waals surface area (Å²) in [5.74, 6) is -11.3. The molecule has 2 aromatic rings. The predicted molar refractivity (Wildman–Crippen MR) is 197 cm³/mol. The number of aromatic nitrogens is 2. The van der Waals surface area contributed by atoms with Crippen molar-refractivity contribution >= 4 is 47.8 Å². The van der Waals surface area contributed by atoms with Crippen molar-refractivity contribution in [3.8, 4) is 0 Å². The van der Waals surface area contributed by atoms with Gasteiger partial charge in [-0.3, -0.25) is 38.7 Å². The molecule has 0 N–H and O–H groups in total. The number of nitrogens with zero attached hydrogens (tertiary/aromatic N) is 2. The number of carbonyl (C=O) groups excluding carboxylic acids is 8. The summed E-state index contributed by atoms with van der Waals surface area (Å²) in [6.07, 6.45) is -6.80. The number of cyclic esters (lactones) is 1. The third-order valence-corrected chi connectivity index (χ3v) is 11.6. The van der Waals surface area contributed by atoms with Gasteiger partial charge in [-0.05, 0) is 31.2 Å². The largest absolute Gasteiger partial charge is 0.465 e. The fourth-order valence-electron chi connectivity index (χ4n) is 9.50. The Morgan fingerprint density at radius 1 is 0.783 bits per heavy atom. The average molecular weight is 839 g/mol. The van der Waals surface area contributed by atoms with Crippen molar-refractivity contribution in [2.45, 2.75) is 110 Å². The van der Waals surface area contributed by atoms with Crippen molar-refractivity contribution in [1.29, 1.82) is 0 Å². The summed E-state index contributed by atoms with van der Waals surface area (Å²) in [6, 6.07) is 5.79. The standard InChI is InChI=1S/C41H46N2O17/c1-19-15-28-27(12-10-14-43-28)38(51)53-17-39(8)29-31(59-37(50)26-11-9-13-42-16-26)34(56-24(6)47)40(18-52-21(3)44)35(57-25(7)48)32(54-22(4)45)30(58-36(19)49)20(2)41(40,60-39)33(29)55-23(5)46/h9-14,16,19-20,29-35H,15,17-18H2,1-8H3/t19?,20-,29-,30-,31-,32+,33-,34-,35+,39-,40-,41-/m1/s1. The minimum absolute atomic E-state index is 0.00342. The maximum atomic E-state index is 14.2. The third-order valence-electron chi connectivity index (χ3n) is 11.6. The molecule has 0 aromatic carbocycles. The van der Waals surface area contributed by atoms with Gasteiger partial charge in [0.25, 0.3) is 0 Å². The molecule has 1 spiro atoms. The lowest BCUT2D eigenvalue weighted by Gasteiger charge is -2.65. The van der Waals surface area contributed by atoms with Crippen molar-refractivity contribution in [3.63, 3.8) is 0 Å². The Labute approximate surface area is 344 Å². The normalized spacial score (nSPS) is 34.3. The van der Waals surface area contributed by atoms with Gasteiger partial charge >= 0.3 is 47.8 Å². The van der Waals surface area contributed by atoms with Crippen LogP contribution in [0.5, 0.6) is 0 Å². The van der Waals surface area contributed by atoms with Gasteiger partial charge in [0.05, 0.1) is 28.7 Å². The second kappa shape index (κ2) is 16.6. The van der Waals surface area contributed by atoms with Crippen LogP contribution in [-0.4, -0.2) is 119 Å². The van der Waals surface area contributed by atoms with Crippen LogP contribution in [0.25, 0.3) is 0 Å². The summed E-state index contributed by atoms with van der Waals surface area (Å²) in [6.45, 7) is 8.18. The Morgan fingerprint density at radius 3 is 2.00 bits per heavy atom. The van der Waals surface area contributed by atoms with Crippen LogP contribution in [0.2, 0.25) is 0 Å². The quantitative estimate of drug-likeness (QED) is 0.273. The first kappa shape index (κ1) is 43.6. The molecule has 2 saturated carbocycles. The highest BCUT2D eigenvalue weighted by molar-refractivity contribution is 5.91. The third kappa shape index (κ3) is 7.54. The topological polar surface area (TPSA) is 245 Å². The second-order valence-electron chi connectivity index (χ2n) is 15.7. The summed E-state index contributed by atoms with van der Waals surface area (Å²) >= 11 is 0. The van der Waals surface area contributed by atoms with Crippen LogP contribution >= 0.6 is 0 Å². The van der Waals surface area contributed by atoms with Gasteiger partial charge in [0.1, 0.15) is 48.1 Å². The lowest BCUT2D eigenvalue weighted by Crippen LogP contribution is -2.84. The molecule has 60 heavy (non-hydrogen) atoms. The molecule has 0 radical (unpaired) electrons. The summed E-state index contributed by atoms with van der Waals surface area (Å²) in [5.41, 5.74) is -6.46. The molecule has 2 aliphatic heterocycles. The molecule has 1 unspecified atom stereocenters. The van der Waals surface area contributed by atoms with Crippen molar-refractivity contribution in [1.82, 2.24) is 9.97 Å². The van der Waals surface area contributed by atoms with E-state index in [1.807, 2.05) is 0 Å². The van der Waals surface area contributed by atoms with Crippen LogP contribution in [-0.2, 0) is 77.8 Å². The molecule has 322 valence electrons. The van der Waals surface area contributed by atoms with E-state index >= 15 is 0 Å². The zero-order valence-electron chi connectivity index (χ0n) is 34.2. The number of pyridine rings is 2. The first-order chi connectivity index (χ1) is 28.3. The van der Waals surface area contributed by atoms with Gasteiger partial charge in [-0.1, -0.05) is 13.8 Å². The fourth-order valence-corrected chi connectivity index (χ4v) is 9.50. The lowest BCUT2D eigenvalue weighted by atomic mass is 9.46. The van der Waals surface area contributed by atoms with E-state index in [2.05, 4.69) is 9.97 Å². The Morgan fingerprint density at radius 2 is 1.40 bits per heavy atom. The molecule has 4 bridgehead atoms. The van der Waals surface area contributed by atoms with E-state index in [1.54, 1.807) is 0 Å². The molecule has 19 heteroatoms. The molecule has 6 rings (SSSR count). The zero-order chi connectivity index (χ0) is 43.9. The second-order valence-corrected chi connectivity index (χ2v) is 15.7. The summed E-state index contributed by atoms with van der Waals surface area (Å²) in [5, 5.41) is 0. The van der Waals surface area contributed by atoms with Crippen molar-refractivity contribution in [3.05, 3.63) is 59.7 Å². The predicted octanol–water partition coefficient (Wildman–Crippen LogP) is 2.05. The van der Waals surface area contributed by atoms with E-state index in [0.717, 1.165) is 34.6 Å². The summed E-state index contributed by atoms with van der Waals surface area (Å²) in [4.78, 5) is 117. The first-order valence-corrected chi connectivity index (χ1v) is 19.2. The Kier molecular flexibility index (Phi) is 12.0. The smallest absolute Gasteiger partial charge is 0.340 e. The minimum Gasteiger partial charge on any atom is -0.465 e. The SMILES string of the molecule is CC(=O)OC[C@]12[C@H](OC(C)=O)[C@H](OC(=O)c3cccnc3)[C@@H]3[C@@H](OC(C)=O)[C@@]14O[C@]3(C)COC(=O)c1cccnc1CC(C)C(=O)O[C@@H]([C@H](OC(C)=O)[C@@H]2OC(C)=O)[C@H]4C. The molecule has 1 saturated heterocycles. The average Bonchev–Trinajstić information content (AvgIpc) is 3.39. The molecule has 2 aromatic heterocycles. The summed E-state index contributed by atoms with van der Waals surface area (Å²) < 4.78 is 55.8.